The van der Waals surface area contributed by atoms with Crippen LogP contribution in [0.5, 0.6) is 0 Å². The van der Waals surface area contributed by atoms with E-state index in [9.17, 15) is 49.8 Å². The number of nitrogens with zero attached hydrogens (tertiary/aromatic N) is 2. The van der Waals surface area contributed by atoms with Crippen molar-refractivity contribution >= 4 is 29.3 Å². The topological polar surface area (TPSA) is 196 Å². The molecular formula is C24H30N2O10. The summed E-state index contributed by atoms with van der Waals surface area (Å²) in [6, 6.07) is 3.96. The van der Waals surface area contributed by atoms with Crippen molar-refractivity contribution in [2.24, 2.45) is 11.8 Å². The van der Waals surface area contributed by atoms with Crippen LogP contribution in [0.1, 0.15) is 26.3 Å². The van der Waals surface area contributed by atoms with Gasteiger partial charge in [0.25, 0.3) is 5.91 Å². The summed E-state index contributed by atoms with van der Waals surface area (Å²) in [4.78, 5) is 51.9. The summed E-state index contributed by atoms with van der Waals surface area (Å²) >= 11 is 0. The Bertz CT molecular complexity index is 1020. The summed E-state index contributed by atoms with van der Waals surface area (Å²) < 4.78 is 0. The first-order valence-corrected chi connectivity index (χ1v) is 11.2. The number of hydrogen-bond donors (Lipinski definition) is 6. The molecule has 2 atom stereocenters. The van der Waals surface area contributed by atoms with Gasteiger partial charge in [0.1, 0.15) is 0 Å². The first-order chi connectivity index (χ1) is 17.2. The average molecular weight is 507 g/mol. The summed E-state index contributed by atoms with van der Waals surface area (Å²) in [5, 5.41) is 56.2. The largest absolute Gasteiger partial charge is 0.481 e. The highest BCUT2D eigenvalue weighted by Crippen LogP contribution is 2.31. The SMILES string of the molecule is O=C(O)c1cc(C2=CC(C(=O)N(CCO)CCO)C(C(=O)O)C=C2)ccc1C(=O)N(CCO)CCO. The molecule has 0 bridgehead atoms. The zero-order valence-corrected chi connectivity index (χ0v) is 19.5. The molecule has 0 fully saturated rings. The molecule has 0 saturated heterocycles. The van der Waals surface area contributed by atoms with Crippen molar-refractivity contribution in [2.45, 2.75) is 0 Å². The standard InChI is InChI=1S/C24H30N2O10/c27-9-5-25(6-10-28)21(31)17-3-1-16(14-20(17)24(35)36)15-2-4-18(23(33)34)19(13-15)22(32)26(7-11-29)8-12-30/h1-4,13-14,18-19,27-30H,5-12H2,(H,33,34)(H,35,36). The van der Waals surface area contributed by atoms with E-state index in [2.05, 4.69) is 0 Å². The smallest absolute Gasteiger partial charge is 0.336 e. The monoisotopic (exact) mass is 506 g/mol. The van der Waals surface area contributed by atoms with Gasteiger partial charge in [-0.05, 0) is 23.3 Å². The summed E-state index contributed by atoms with van der Waals surface area (Å²) in [5.74, 6) is -6.38. The van der Waals surface area contributed by atoms with Crippen molar-refractivity contribution in [3.05, 3.63) is 53.1 Å². The lowest BCUT2D eigenvalue weighted by molar-refractivity contribution is -0.147. The summed E-state index contributed by atoms with van der Waals surface area (Å²) in [7, 11) is 0. The maximum Gasteiger partial charge on any atom is 0.336 e. The van der Waals surface area contributed by atoms with E-state index in [4.69, 9.17) is 0 Å². The van der Waals surface area contributed by atoms with Crippen molar-refractivity contribution in [1.82, 2.24) is 9.80 Å². The molecule has 1 aliphatic rings. The molecule has 0 aromatic heterocycles. The van der Waals surface area contributed by atoms with Crippen molar-refractivity contribution in [3.63, 3.8) is 0 Å². The third-order valence-electron chi connectivity index (χ3n) is 5.69. The van der Waals surface area contributed by atoms with Crippen LogP contribution in [0, 0.1) is 11.8 Å². The van der Waals surface area contributed by atoms with Gasteiger partial charge in [0.05, 0.1) is 49.4 Å². The molecule has 12 heteroatoms. The number of aliphatic carboxylic acids is 1. The van der Waals surface area contributed by atoms with E-state index in [1.807, 2.05) is 0 Å². The van der Waals surface area contributed by atoms with E-state index in [1.165, 1.54) is 36.4 Å². The third kappa shape index (κ3) is 6.76. The van der Waals surface area contributed by atoms with E-state index >= 15 is 0 Å². The highest BCUT2D eigenvalue weighted by atomic mass is 16.4. The molecule has 0 spiro atoms. The molecule has 2 amide bonds. The van der Waals surface area contributed by atoms with E-state index in [0.29, 0.717) is 11.1 Å². The molecule has 0 radical (unpaired) electrons. The molecule has 0 aliphatic heterocycles. The lowest BCUT2D eigenvalue weighted by Crippen LogP contribution is -2.43. The van der Waals surface area contributed by atoms with Gasteiger partial charge >= 0.3 is 11.9 Å². The minimum absolute atomic E-state index is 0.104. The van der Waals surface area contributed by atoms with Gasteiger partial charge in [-0.1, -0.05) is 24.3 Å². The van der Waals surface area contributed by atoms with Gasteiger partial charge in [-0.25, -0.2) is 4.79 Å². The molecule has 12 nitrogen and oxygen atoms in total. The molecule has 6 N–H and O–H groups in total. The van der Waals surface area contributed by atoms with E-state index in [-0.39, 0.29) is 63.7 Å². The average Bonchev–Trinajstić information content (AvgIpc) is 2.86. The zero-order chi connectivity index (χ0) is 26.8. The Morgan fingerprint density at radius 2 is 1.31 bits per heavy atom. The second kappa shape index (κ2) is 13.5. The van der Waals surface area contributed by atoms with Crippen LogP contribution in [0.2, 0.25) is 0 Å². The van der Waals surface area contributed by atoms with Gasteiger partial charge in [-0.2, -0.15) is 0 Å². The third-order valence-corrected chi connectivity index (χ3v) is 5.69. The zero-order valence-electron chi connectivity index (χ0n) is 19.5. The predicted octanol–water partition coefficient (Wildman–Crippen LogP) is -1.10. The van der Waals surface area contributed by atoms with Crippen LogP contribution >= 0.6 is 0 Å². The van der Waals surface area contributed by atoms with Gasteiger partial charge in [0, 0.05) is 26.2 Å². The normalized spacial score (nSPS) is 16.8. The minimum Gasteiger partial charge on any atom is -0.481 e. The number of rotatable bonds is 13. The maximum atomic E-state index is 13.1. The number of amides is 2. The van der Waals surface area contributed by atoms with Crippen molar-refractivity contribution in [2.75, 3.05) is 52.6 Å². The van der Waals surface area contributed by atoms with E-state index in [0.717, 1.165) is 9.80 Å². The molecule has 2 rings (SSSR count). The fraction of sp³-hybridized carbons (Fsp3) is 0.417. The molecule has 0 saturated carbocycles. The molecule has 36 heavy (non-hydrogen) atoms. The number of aliphatic hydroxyl groups is 4. The predicted molar refractivity (Wildman–Crippen MR) is 126 cm³/mol. The fourth-order valence-corrected chi connectivity index (χ4v) is 3.93. The van der Waals surface area contributed by atoms with Gasteiger partial charge in [-0.15, -0.1) is 0 Å². The fourth-order valence-electron chi connectivity index (χ4n) is 3.93. The maximum absolute atomic E-state index is 13.1. The Kier molecular flexibility index (Phi) is 10.7. The molecule has 1 aromatic carbocycles. The number of benzene rings is 1. The number of hydrogen-bond acceptors (Lipinski definition) is 8. The quantitative estimate of drug-likeness (QED) is 0.191. The van der Waals surface area contributed by atoms with Crippen LogP contribution in [0.4, 0.5) is 0 Å². The number of allylic oxidation sites excluding steroid dienone is 2. The molecule has 1 aliphatic carbocycles. The Balaban J connectivity index is 2.50. The van der Waals surface area contributed by atoms with Gasteiger partial charge in [0.15, 0.2) is 0 Å². The number of aliphatic hydroxyl groups excluding tert-OH is 4. The van der Waals surface area contributed by atoms with Gasteiger partial charge in [0.2, 0.25) is 5.91 Å². The van der Waals surface area contributed by atoms with Crippen LogP contribution in [0.25, 0.3) is 5.57 Å². The Labute approximate surface area is 207 Å². The van der Waals surface area contributed by atoms with Crippen LogP contribution < -0.4 is 0 Å². The molecule has 2 unspecified atom stereocenters. The Morgan fingerprint density at radius 3 is 1.81 bits per heavy atom. The lowest BCUT2D eigenvalue weighted by Gasteiger charge is -2.29. The number of aromatic carboxylic acids is 1. The van der Waals surface area contributed by atoms with E-state index < -0.39 is 35.6 Å². The first kappa shape index (κ1) is 28.7. The minimum atomic E-state index is -1.40. The Morgan fingerprint density at radius 1 is 0.750 bits per heavy atom. The molecule has 0 heterocycles. The lowest BCUT2D eigenvalue weighted by atomic mass is 9.82. The van der Waals surface area contributed by atoms with Crippen molar-refractivity contribution in [1.29, 1.82) is 0 Å². The highest BCUT2D eigenvalue weighted by molar-refractivity contribution is 6.05. The number of carboxylic acid groups (broad SMARTS) is 2. The summed E-state index contributed by atoms with van der Waals surface area (Å²) in [5.41, 5.74) is 0.149. The van der Waals surface area contributed by atoms with E-state index in [1.54, 1.807) is 0 Å². The van der Waals surface area contributed by atoms with Crippen LogP contribution in [-0.2, 0) is 9.59 Å². The second-order valence-corrected chi connectivity index (χ2v) is 7.95. The highest BCUT2D eigenvalue weighted by Gasteiger charge is 2.35. The van der Waals surface area contributed by atoms with Crippen LogP contribution in [0.15, 0.2) is 36.4 Å². The first-order valence-electron chi connectivity index (χ1n) is 11.2. The molecular weight excluding hydrogens is 476 g/mol. The number of carbonyl (C=O) groups excluding carboxylic acids is 2. The molecule has 1 aromatic rings. The van der Waals surface area contributed by atoms with Crippen LogP contribution in [-0.4, -0.2) is 117 Å². The van der Waals surface area contributed by atoms with Gasteiger partial charge < -0.3 is 40.4 Å². The molecule has 196 valence electrons. The Hall–Kier alpha value is -3.58. The second-order valence-electron chi connectivity index (χ2n) is 7.95. The summed E-state index contributed by atoms with van der Waals surface area (Å²) in [6.45, 7) is -1.95. The van der Waals surface area contributed by atoms with Gasteiger partial charge in [-0.3, -0.25) is 14.4 Å². The van der Waals surface area contributed by atoms with Crippen molar-refractivity contribution in [3.8, 4) is 0 Å². The van der Waals surface area contributed by atoms with Crippen molar-refractivity contribution < 1.29 is 49.8 Å². The summed E-state index contributed by atoms with van der Waals surface area (Å²) in [6.07, 6.45) is 4.13. The number of carbonyl (C=O) groups is 4. The van der Waals surface area contributed by atoms with Crippen LogP contribution in [0.3, 0.4) is 0 Å². The number of carboxylic acids is 2.